The van der Waals surface area contributed by atoms with Crippen LogP contribution in [0.2, 0.25) is 0 Å². The van der Waals surface area contributed by atoms with Crippen LogP contribution in [0.5, 0.6) is 0 Å². The van der Waals surface area contributed by atoms with E-state index in [0.717, 1.165) is 25.7 Å². The van der Waals surface area contributed by atoms with Gasteiger partial charge in [-0.05, 0) is 97.4 Å². The minimum Gasteiger partial charge on any atom is -0.481 e. The molecule has 0 aromatic rings. The molecule has 0 amide bonds. The van der Waals surface area contributed by atoms with Crippen LogP contribution in [-0.2, 0) is 4.79 Å². The van der Waals surface area contributed by atoms with Gasteiger partial charge in [0.15, 0.2) is 0 Å². The zero-order valence-corrected chi connectivity index (χ0v) is 18.0. The topological polar surface area (TPSA) is 77.8 Å². The van der Waals surface area contributed by atoms with Crippen LogP contribution in [0.4, 0.5) is 4.39 Å². The molecule has 0 aromatic carbocycles. The van der Waals surface area contributed by atoms with Crippen LogP contribution in [0, 0.1) is 46.3 Å². The van der Waals surface area contributed by atoms with Crippen molar-refractivity contribution in [3.63, 3.8) is 0 Å². The Hall–Kier alpha value is -0.940. The SMILES string of the molecule is C[C@H](CCC(=O)O)[C@H]1CCC2C3C(CC[C@@]21C)[C@@]1(C)C=C(F)[C@H](O)C[C@H]1C[C@@H]3O. The fourth-order valence-corrected chi connectivity index (χ4v) is 8.34. The predicted molar refractivity (Wildman–Crippen MR) is 109 cm³/mol. The average Bonchev–Trinajstić information content (AvgIpc) is 2.99. The molecule has 3 fully saturated rings. The highest BCUT2D eigenvalue weighted by Gasteiger charge is 2.62. The molecule has 4 aliphatic carbocycles. The summed E-state index contributed by atoms with van der Waals surface area (Å²) in [6, 6.07) is 0. The smallest absolute Gasteiger partial charge is 0.303 e. The molecule has 3 saturated carbocycles. The van der Waals surface area contributed by atoms with Gasteiger partial charge in [0.25, 0.3) is 0 Å². The summed E-state index contributed by atoms with van der Waals surface area (Å²) in [6.07, 6.45) is 6.49. The second-order valence-corrected chi connectivity index (χ2v) is 11.1. The molecular weight excluding hydrogens is 371 g/mol. The number of allylic oxidation sites excluding steroid dienone is 1. The van der Waals surface area contributed by atoms with Crippen molar-refractivity contribution in [2.24, 2.45) is 46.3 Å². The van der Waals surface area contributed by atoms with E-state index in [0.29, 0.717) is 37.0 Å². The van der Waals surface area contributed by atoms with Gasteiger partial charge in [-0.3, -0.25) is 4.79 Å². The minimum absolute atomic E-state index is 0.125. The molecule has 0 spiro atoms. The Labute approximate surface area is 173 Å². The van der Waals surface area contributed by atoms with Crippen LogP contribution in [0.15, 0.2) is 11.9 Å². The van der Waals surface area contributed by atoms with Crippen molar-refractivity contribution >= 4 is 5.97 Å². The monoisotopic (exact) mass is 408 g/mol. The molecule has 4 aliphatic rings. The second-order valence-electron chi connectivity index (χ2n) is 11.1. The molecule has 0 aliphatic heterocycles. The van der Waals surface area contributed by atoms with Crippen molar-refractivity contribution in [3.05, 3.63) is 11.9 Å². The fraction of sp³-hybridized carbons (Fsp3) is 0.875. The zero-order valence-electron chi connectivity index (χ0n) is 18.0. The van der Waals surface area contributed by atoms with Crippen LogP contribution in [0.1, 0.15) is 72.1 Å². The molecule has 3 N–H and O–H groups in total. The molecule has 0 bridgehead atoms. The first-order valence-corrected chi connectivity index (χ1v) is 11.5. The van der Waals surface area contributed by atoms with Gasteiger partial charge >= 0.3 is 5.97 Å². The molecule has 0 saturated heterocycles. The summed E-state index contributed by atoms with van der Waals surface area (Å²) in [5, 5.41) is 30.3. The van der Waals surface area contributed by atoms with E-state index in [1.165, 1.54) is 0 Å². The van der Waals surface area contributed by atoms with E-state index in [2.05, 4.69) is 20.8 Å². The van der Waals surface area contributed by atoms with Gasteiger partial charge < -0.3 is 15.3 Å². The Morgan fingerprint density at radius 2 is 1.93 bits per heavy atom. The lowest BCUT2D eigenvalue weighted by molar-refractivity contribution is -0.148. The summed E-state index contributed by atoms with van der Waals surface area (Å²) >= 11 is 0. The van der Waals surface area contributed by atoms with Crippen molar-refractivity contribution in [3.8, 4) is 0 Å². The minimum atomic E-state index is -1.02. The van der Waals surface area contributed by atoms with E-state index in [9.17, 15) is 19.4 Å². The second kappa shape index (κ2) is 7.33. The first kappa shape index (κ1) is 21.3. The summed E-state index contributed by atoms with van der Waals surface area (Å²) in [5.74, 6) is 0.703. The number of carboxylic acids is 1. The number of aliphatic hydroxyl groups excluding tert-OH is 2. The lowest BCUT2D eigenvalue weighted by Crippen LogP contribution is -2.58. The van der Waals surface area contributed by atoms with Crippen LogP contribution in [0.25, 0.3) is 0 Å². The lowest BCUT2D eigenvalue weighted by atomic mass is 9.44. The largest absolute Gasteiger partial charge is 0.481 e. The van der Waals surface area contributed by atoms with Gasteiger partial charge in [-0.2, -0.15) is 0 Å². The molecule has 4 nitrogen and oxygen atoms in total. The van der Waals surface area contributed by atoms with Crippen LogP contribution in [-0.4, -0.2) is 33.5 Å². The number of aliphatic carboxylic acids is 1. The fourth-order valence-electron chi connectivity index (χ4n) is 8.34. The van der Waals surface area contributed by atoms with Crippen molar-refractivity contribution in [2.45, 2.75) is 84.3 Å². The van der Waals surface area contributed by atoms with Gasteiger partial charge in [0.2, 0.25) is 0 Å². The van der Waals surface area contributed by atoms with E-state index in [4.69, 9.17) is 5.11 Å². The van der Waals surface area contributed by atoms with Gasteiger partial charge in [0.05, 0.1) is 6.10 Å². The number of aliphatic hydroxyl groups is 2. The number of carbonyl (C=O) groups is 1. The van der Waals surface area contributed by atoms with Gasteiger partial charge in [-0.25, -0.2) is 4.39 Å². The molecule has 29 heavy (non-hydrogen) atoms. The van der Waals surface area contributed by atoms with E-state index in [-0.39, 0.29) is 40.8 Å². The summed E-state index contributed by atoms with van der Waals surface area (Å²) < 4.78 is 14.4. The summed E-state index contributed by atoms with van der Waals surface area (Å²) in [6.45, 7) is 6.71. The van der Waals surface area contributed by atoms with Crippen molar-refractivity contribution in [1.29, 1.82) is 0 Å². The molecule has 0 heterocycles. The Morgan fingerprint density at radius 3 is 2.62 bits per heavy atom. The van der Waals surface area contributed by atoms with E-state index < -0.39 is 18.2 Å². The Balaban J connectivity index is 1.60. The van der Waals surface area contributed by atoms with Crippen LogP contribution in [0.3, 0.4) is 0 Å². The van der Waals surface area contributed by atoms with Crippen molar-refractivity contribution < 1.29 is 24.5 Å². The number of hydrogen-bond donors (Lipinski definition) is 3. The van der Waals surface area contributed by atoms with Gasteiger partial charge in [-0.15, -0.1) is 0 Å². The first-order chi connectivity index (χ1) is 13.6. The maximum absolute atomic E-state index is 14.4. The first-order valence-electron chi connectivity index (χ1n) is 11.5. The Morgan fingerprint density at radius 1 is 1.21 bits per heavy atom. The van der Waals surface area contributed by atoms with Gasteiger partial charge in [0, 0.05) is 6.42 Å². The highest BCUT2D eigenvalue weighted by molar-refractivity contribution is 5.66. The van der Waals surface area contributed by atoms with Crippen LogP contribution >= 0.6 is 0 Å². The Bertz CT molecular complexity index is 692. The molecule has 10 atom stereocenters. The number of halogens is 1. The lowest BCUT2D eigenvalue weighted by Gasteiger charge is -2.61. The standard InChI is InChI=1S/C24H37FO4/c1-13(4-7-21(28)29)15-5-6-16-22-17(8-9-23(15,16)2)24(3)12-18(25)19(26)10-14(24)11-20(22)27/h12-17,19-20,22,26-27H,4-11H2,1-3H3,(H,28,29)/t13-,14+,15-,16?,17?,19-,20+,22?,23-,24+/m1/s1. The maximum Gasteiger partial charge on any atom is 0.303 e. The number of carboxylic acid groups (broad SMARTS) is 1. The zero-order chi connectivity index (χ0) is 21.1. The van der Waals surface area contributed by atoms with Crippen LogP contribution < -0.4 is 0 Å². The normalized spacial score (nSPS) is 50.1. The summed E-state index contributed by atoms with van der Waals surface area (Å²) in [5.41, 5.74) is -0.165. The third-order valence-corrected chi connectivity index (χ3v) is 9.83. The van der Waals surface area contributed by atoms with E-state index in [1.54, 1.807) is 6.08 Å². The average molecular weight is 409 g/mol. The third kappa shape index (κ3) is 3.27. The summed E-state index contributed by atoms with van der Waals surface area (Å²) in [7, 11) is 0. The highest BCUT2D eigenvalue weighted by atomic mass is 19.1. The molecule has 0 aromatic heterocycles. The number of rotatable bonds is 4. The highest BCUT2D eigenvalue weighted by Crippen LogP contribution is 2.68. The van der Waals surface area contributed by atoms with Crippen molar-refractivity contribution in [2.75, 3.05) is 0 Å². The Kier molecular flexibility index (Phi) is 5.39. The summed E-state index contributed by atoms with van der Waals surface area (Å²) in [4.78, 5) is 11.0. The van der Waals surface area contributed by atoms with Crippen molar-refractivity contribution in [1.82, 2.24) is 0 Å². The van der Waals surface area contributed by atoms with Gasteiger partial charge in [0.1, 0.15) is 11.9 Å². The third-order valence-electron chi connectivity index (χ3n) is 9.83. The molecule has 4 rings (SSSR count). The van der Waals surface area contributed by atoms with E-state index >= 15 is 0 Å². The molecular formula is C24H37FO4. The van der Waals surface area contributed by atoms with E-state index in [1.807, 2.05) is 0 Å². The molecule has 5 heteroatoms. The predicted octanol–water partition coefficient (Wildman–Crippen LogP) is 4.55. The quantitative estimate of drug-likeness (QED) is 0.638. The molecule has 0 radical (unpaired) electrons. The number of fused-ring (bicyclic) bond motifs is 5. The molecule has 3 unspecified atom stereocenters. The number of hydrogen-bond acceptors (Lipinski definition) is 3. The van der Waals surface area contributed by atoms with Gasteiger partial charge in [-0.1, -0.05) is 20.8 Å². The maximum atomic E-state index is 14.4. The molecule has 164 valence electrons.